The van der Waals surface area contributed by atoms with Crippen molar-refractivity contribution < 1.29 is 29.0 Å². The molecule has 1 aliphatic carbocycles. The number of aromatic hydroxyl groups is 1. The lowest BCUT2D eigenvalue weighted by Gasteiger charge is -2.31. The number of hydrogen-bond donors (Lipinski definition) is 1. The summed E-state index contributed by atoms with van der Waals surface area (Å²) in [7, 11) is 0. The standard InChI is InChI=1S/C28H30O6/c1-5-6-7-8-10-17(3)26(31)24-25-19-15-33-21(23-16(2)11-9-12-20(23)29)13-18(19)14-22(30)28(25,4)34-27(24)32/h9,11-15,17,29H,5-8,10H2,1-4H3/t17-,28-/m0/s1. The fourth-order valence-corrected chi connectivity index (χ4v) is 4.82. The zero-order valence-corrected chi connectivity index (χ0v) is 20.1. The summed E-state index contributed by atoms with van der Waals surface area (Å²) in [6.45, 7) is 7.31. The van der Waals surface area contributed by atoms with E-state index in [0.29, 0.717) is 28.9 Å². The summed E-state index contributed by atoms with van der Waals surface area (Å²) in [5, 5.41) is 10.4. The Balaban J connectivity index is 1.73. The molecule has 34 heavy (non-hydrogen) atoms. The number of esters is 1. The number of Topliss-reactive ketones (excluding diaryl/α,β-unsaturated/α-hetero) is 1. The van der Waals surface area contributed by atoms with Gasteiger partial charge in [-0.25, -0.2) is 4.79 Å². The number of benzene rings is 1. The van der Waals surface area contributed by atoms with Crippen LogP contribution in [0.2, 0.25) is 0 Å². The second-order valence-electron chi connectivity index (χ2n) is 9.38. The van der Waals surface area contributed by atoms with E-state index in [1.807, 2.05) is 19.9 Å². The highest BCUT2D eigenvalue weighted by atomic mass is 16.6. The Morgan fingerprint density at radius 1 is 1.15 bits per heavy atom. The molecule has 0 saturated carbocycles. The monoisotopic (exact) mass is 462 g/mol. The van der Waals surface area contributed by atoms with Gasteiger partial charge in [0.1, 0.15) is 17.1 Å². The van der Waals surface area contributed by atoms with Crippen molar-refractivity contribution in [1.82, 2.24) is 0 Å². The van der Waals surface area contributed by atoms with Gasteiger partial charge in [0, 0.05) is 17.1 Å². The number of rotatable bonds is 8. The number of allylic oxidation sites excluding steroid dienone is 2. The molecule has 1 aromatic carbocycles. The Bertz CT molecular complexity index is 1170. The van der Waals surface area contributed by atoms with E-state index in [0.717, 1.165) is 31.2 Å². The summed E-state index contributed by atoms with van der Waals surface area (Å²) >= 11 is 0. The molecule has 178 valence electrons. The highest BCUT2D eigenvalue weighted by Gasteiger charge is 2.55. The first-order valence-corrected chi connectivity index (χ1v) is 11.9. The quantitative estimate of drug-likeness (QED) is 0.322. The molecule has 0 spiro atoms. The molecule has 3 aliphatic rings. The molecule has 0 bridgehead atoms. The van der Waals surface area contributed by atoms with Gasteiger partial charge in [-0.15, -0.1) is 0 Å². The number of hydrogen-bond acceptors (Lipinski definition) is 6. The van der Waals surface area contributed by atoms with Gasteiger partial charge in [0.05, 0.1) is 11.8 Å². The van der Waals surface area contributed by atoms with Crippen LogP contribution >= 0.6 is 0 Å². The Labute approximate surface area is 199 Å². The van der Waals surface area contributed by atoms with Crippen molar-refractivity contribution in [2.24, 2.45) is 5.92 Å². The van der Waals surface area contributed by atoms with Crippen molar-refractivity contribution >= 4 is 23.3 Å². The summed E-state index contributed by atoms with van der Waals surface area (Å²) in [6.07, 6.45) is 9.31. The van der Waals surface area contributed by atoms with E-state index >= 15 is 0 Å². The maximum absolute atomic E-state index is 13.4. The molecule has 2 atom stereocenters. The molecule has 2 aliphatic heterocycles. The fraction of sp³-hybridized carbons (Fsp3) is 0.393. The van der Waals surface area contributed by atoms with Gasteiger partial charge >= 0.3 is 5.97 Å². The van der Waals surface area contributed by atoms with Crippen LogP contribution in [-0.2, 0) is 23.9 Å². The normalized spacial score (nSPS) is 22.2. The number of fused-ring (bicyclic) bond motifs is 3. The van der Waals surface area contributed by atoms with Crippen molar-refractivity contribution in [2.75, 3.05) is 0 Å². The van der Waals surface area contributed by atoms with Crippen LogP contribution in [0, 0.1) is 12.8 Å². The molecule has 4 rings (SSSR count). The third kappa shape index (κ3) is 3.91. The molecule has 1 aromatic rings. The molecule has 6 heteroatoms. The van der Waals surface area contributed by atoms with Gasteiger partial charge in [-0.05, 0) is 49.6 Å². The average molecular weight is 463 g/mol. The minimum Gasteiger partial charge on any atom is -0.507 e. The summed E-state index contributed by atoms with van der Waals surface area (Å²) in [4.78, 5) is 39.3. The predicted octanol–water partition coefficient (Wildman–Crippen LogP) is 5.25. The van der Waals surface area contributed by atoms with Crippen molar-refractivity contribution in [1.29, 1.82) is 0 Å². The largest absolute Gasteiger partial charge is 0.507 e. The van der Waals surface area contributed by atoms with Crippen LogP contribution in [0.25, 0.3) is 5.76 Å². The minimum atomic E-state index is -1.56. The van der Waals surface area contributed by atoms with Crippen LogP contribution in [0.1, 0.15) is 64.0 Å². The molecule has 0 aromatic heterocycles. The molecule has 2 heterocycles. The van der Waals surface area contributed by atoms with Crippen molar-refractivity contribution in [3.63, 3.8) is 0 Å². The number of phenolic OH excluding ortho intramolecular Hbond substituents is 1. The van der Waals surface area contributed by atoms with Crippen molar-refractivity contribution in [3.8, 4) is 5.75 Å². The highest BCUT2D eigenvalue weighted by molar-refractivity contribution is 6.25. The third-order valence-corrected chi connectivity index (χ3v) is 6.84. The first-order valence-electron chi connectivity index (χ1n) is 11.9. The Morgan fingerprint density at radius 3 is 2.62 bits per heavy atom. The molecule has 6 nitrogen and oxygen atoms in total. The van der Waals surface area contributed by atoms with Crippen molar-refractivity contribution in [3.05, 3.63) is 70.0 Å². The number of ether oxygens (including phenoxy) is 2. The maximum atomic E-state index is 13.4. The van der Waals surface area contributed by atoms with E-state index in [1.165, 1.54) is 19.3 Å². The Hall–Kier alpha value is -3.41. The van der Waals surface area contributed by atoms with E-state index in [2.05, 4.69) is 6.92 Å². The average Bonchev–Trinajstić information content (AvgIpc) is 3.07. The topological polar surface area (TPSA) is 89.9 Å². The second kappa shape index (κ2) is 9.09. The number of phenols is 1. The Kier molecular flexibility index (Phi) is 6.34. The number of aryl methyl sites for hydroxylation is 1. The number of unbranched alkanes of at least 4 members (excludes halogenated alkanes) is 3. The fourth-order valence-electron chi connectivity index (χ4n) is 4.82. The molecule has 1 N–H and O–H groups in total. The smallest absolute Gasteiger partial charge is 0.343 e. The van der Waals surface area contributed by atoms with E-state index in [9.17, 15) is 19.5 Å². The van der Waals surface area contributed by atoms with Crippen LogP contribution in [0.3, 0.4) is 0 Å². The van der Waals surface area contributed by atoms with Gasteiger partial charge in [-0.2, -0.15) is 0 Å². The van der Waals surface area contributed by atoms with Gasteiger partial charge < -0.3 is 14.6 Å². The van der Waals surface area contributed by atoms with E-state index in [1.54, 1.807) is 18.2 Å². The summed E-state index contributed by atoms with van der Waals surface area (Å²) in [5.74, 6) is -1.40. The maximum Gasteiger partial charge on any atom is 0.343 e. The van der Waals surface area contributed by atoms with Crippen LogP contribution < -0.4 is 0 Å². The lowest BCUT2D eigenvalue weighted by Crippen LogP contribution is -2.40. The molecular weight excluding hydrogens is 432 g/mol. The van der Waals surface area contributed by atoms with Crippen LogP contribution in [0.15, 0.2) is 58.9 Å². The first-order chi connectivity index (χ1) is 16.2. The van der Waals surface area contributed by atoms with E-state index in [-0.39, 0.29) is 28.6 Å². The molecular formula is C28H30O6. The highest BCUT2D eigenvalue weighted by Crippen LogP contribution is 2.48. The van der Waals surface area contributed by atoms with Gasteiger partial charge in [0.2, 0.25) is 5.78 Å². The van der Waals surface area contributed by atoms with Crippen LogP contribution in [-0.4, -0.2) is 28.2 Å². The second-order valence-corrected chi connectivity index (χ2v) is 9.38. The van der Waals surface area contributed by atoms with Crippen LogP contribution in [0.5, 0.6) is 5.75 Å². The summed E-state index contributed by atoms with van der Waals surface area (Å²) < 4.78 is 11.4. The predicted molar refractivity (Wildman–Crippen MR) is 128 cm³/mol. The van der Waals surface area contributed by atoms with E-state index < -0.39 is 17.4 Å². The van der Waals surface area contributed by atoms with Gasteiger partial charge in [-0.3, -0.25) is 9.59 Å². The summed E-state index contributed by atoms with van der Waals surface area (Å²) in [5.41, 5.74) is 0.974. The zero-order valence-electron chi connectivity index (χ0n) is 20.1. The van der Waals surface area contributed by atoms with Crippen molar-refractivity contribution in [2.45, 2.75) is 65.4 Å². The van der Waals surface area contributed by atoms with Gasteiger partial charge in [-0.1, -0.05) is 51.7 Å². The number of carbonyl (C=O) groups is 3. The number of ketones is 2. The third-order valence-electron chi connectivity index (χ3n) is 6.84. The zero-order chi connectivity index (χ0) is 24.6. The summed E-state index contributed by atoms with van der Waals surface area (Å²) in [6, 6.07) is 5.15. The molecule has 0 fully saturated rings. The van der Waals surface area contributed by atoms with E-state index in [4.69, 9.17) is 9.47 Å². The Morgan fingerprint density at radius 2 is 1.91 bits per heavy atom. The van der Waals surface area contributed by atoms with Crippen LogP contribution in [0.4, 0.5) is 0 Å². The molecule has 0 unspecified atom stereocenters. The minimum absolute atomic E-state index is 0.0574. The van der Waals surface area contributed by atoms with Gasteiger partial charge in [0.15, 0.2) is 11.4 Å². The lowest BCUT2D eigenvalue weighted by molar-refractivity contribution is -0.153. The molecule has 0 amide bonds. The SMILES string of the molecule is CCCCCC[C@H](C)C(=O)C1=C2C3=COC(c4c(C)cccc4O)=CC3=CC(=O)[C@]2(C)OC1=O. The molecule has 0 saturated heterocycles. The first kappa shape index (κ1) is 23.7. The molecule has 0 radical (unpaired) electrons. The van der Waals surface area contributed by atoms with Gasteiger partial charge in [0.25, 0.3) is 0 Å². The lowest BCUT2D eigenvalue weighted by atomic mass is 9.74. The number of carbonyl (C=O) groups excluding carboxylic acids is 3.